The molecule has 3 heterocycles. The van der Waals surface area contributed by atoms with Gasteiger partial charge in [-0.15, -0.1) is 0 Å². The van der Waals surface area contributed by atoms with Crippen LogP contribution in [0.3, 0.4) is 0 Å². The number of rotatable bonds is 3. The maximum Gasteiger partial charge on any atom is 0.220 e. The SMILES string of the molecule is CC[C@H]1N(CC2CCOCC2)CCC[C@]12CCC(=O)N2. The number of carbonyl (C=O) groups excluding carboxylic acids is 1. The van der Waals surface area contributed by atoms with Gasteiger partial charge in [0.2, 0.25) is 5.91 Å². The average Bonchev–Trinajstić information content (AvgIpc) is 2.82. The van der Waals surface area contributed by atoms with Crippen molar-refractivity contribution >= 4 is 5.91 Å². The summed E-state index contributed by atoms with van der Waals surface area (Å²) >= 11 is 0. The zero-order valence-electron chi connectivity index (χ0n) is 12.7. The number of nitrogens with one attached hydrogen (secondary N) is 1. The predicted molar refractivity (Wildman–Crippen MR) is 78.5 cm³/mol. The van der Waals surface area contributed by atoms with Crippen LogP contribution in [0.2, 0.25) is 0 Å². The van der Waals surface area contributed by atoms with Gasteiger partial charge in [-0.3, -0.25) is 9.69 Å². The fourth-order valence-electron chi connectivity index (χ4n) is 4.57. The van der Waals surface area contributed by atoms with E-state index < -0.39 is 0 Å². The zero-order chi connectivity index (χ0) is 14.0. The second-order valence-electron chi connectivity index (χ2n) is 6.78. The maximum atomic E-state index is 11.7. The van der Waals surface area contributed by atoms with Crippen molar-refractivity contribution in [2.45, 2.75) is 63.5 Å². The Balaban J connectivity index is 1.68. The third kappa shape index (κ3) is 2.73. The normalized spacial score (nSPS) is 36.5. The van der Waals surface area contributed by atoms with Crippen molar-refractivity contribution in [3.63, 3.8) is 0 Å². The summed E-state index contributed by atoms with van der Waals surface area (Å²) in [7, 11) is 0. The van der Waals surface area contributed by atoms with Crippen molar-refractivity contribution < 1.29 is 9.53 Å². The fraction of sp³-hybridized carbons (Fsp3) is 0.938. The Bertz CT molecular complexity index is 354. The van der Waals surface area contributed by atoms with Gasteiger partial charge in [-0.2, -0.15) is 0 Å². The first-order valence-corrected chi connectivity index (χ1v) is 8.36. The van der Waals surface area contributed by atoms with Crippen molar-refractivity contribution in [1.29, 1.82) is 0 Å². The van der Waals surface area contributed by atoms with Crippen LogP contribution in [0.4, 0.5) is 0 Å². The number of ether oxygens (including phenoxy) is 1. The summed E-state index contributed by atoms with van der Waals surface area (Å²) in [6.07, 6.45) is 7.69. The number of hydrogen-bond donors (Lipinski definition) is 1. The Kier molecular flexibility index (Phi) is 4.32. The molecule has 4 nitrogen and oxygen atoms in total. The quantitative estimate of drug-likeness (QED) is 0.859. The van der Waals surface area contributed by atoms with Crippen LogP contribution in [0.25, 0.3) is 0 Å². The van der Waals surface area contributed by atoms with E-state index in [4.69, 9.17) is 4.74 Å². The standard InChI is InChI=1S/C16H28N2O2/c1-2-14-16(8-4-15(19)17-16)7-3-9-18(14)12-13-5-10-20-11-6-13/h13-14H,2-12H2,1H3,(H,17,19)/t14-,16+/m1/s1. The molecule has 20 heavy (non-hydrogen) atoms. The minimum absolute atomic E-state index is 0.0786. The van der Waals surface area contributed by atoms with Gasteiger partial charge < -0.3 is 10.1 Å². The number of carbonyl (C=O) groups is 1. The highest BCUT2D eigenvalue weighted by atomic mass is 16.5. The van der Waals surface area contributed by atoms with Crippen molar-refractivity contribution in [3.8, 4) is 0 Å². The van der Waals surface area contributed by atoms with Crippen molar-refractivity contribution in [2.24, 2.45) is 5.92 Å². The Morgan fingerprint density at radius 3 is 2.80 bits per heavy atom. The molecule has 0 bridgehead atoms. The molecule has 0 aromatic rings. The molecule has 0 aromatic heterocycles. The molecule has 114 valence electrons. The van der Waals surface area contributed by atoms with Crippen LogP contribution in [-0.2, 0) is 9.53 Å². The highest BCUT2D eigenvalue weighted by molar-refractivity contribution is 5.79. The van der Waals surface area contributed by atoms with E-state index >= 15 is 0 Å². The smallest absolute Gasteiger partial charge is 0.220 e. The molecule has 3 rings (SSSR count). The van der Waals surface area contributed by atoms with Crippen LogP contribution in [0.1, 0.15) is 51.9 Å². The van der Waals surface area contributed by atoms with Crippen molar-refractivity contribution in [3.05, 3.63) is 0 Å². The molecule has 0 saturated carbocycles. The van der Waals surface area contributed by atoms with E-state index in [0.29, 0.717) is 6.04 Å². The molecule has 3 aliphatic heterocycles. The zero-order valence-corrected chi connectivity index (χ0v) is 12.7. The molecule has 0 aromatic carbocycles. The lowest BCUT2D eigenvalue weighted by Crippen LogP contribution is -2.62. The first kappa shape index (κ1) is 14.3. The Morgan fingerprint density at radius 1 is 1.35 bits per heavy atom. The minimum atomic E-state index is 0.0786. The van der Waals surface area contributed by atoms with Gasteiger partial charge >= 0.3 is 0 Å². The molecule has 2 atom stereocenters. The van der Waals surface area contributed by atoms with Gasteiger partial charge in [0, 0.05) is 32.2 Å². The van der Waals surface area contributed by atoms with E-state index in [2.05, 4.69) is 17.1 Å². The first-order valence-electron chi connectivity index (χ1n) is 8.36. The second kappa shape index (κ2) is 6.02. The number of nitrogens with zero attached hydrogens (tertiary/aromatic N) is 1. The number of likely N-dealkylation sites (tertiary alicyclic amines) is 1. The molecule has 0 radical (unpaired) electrons. The molecule has 3 fully saturated rings. The highest BCUT2D eigenvalue weighted by Crippen LogP contribution is 2.37. The van der Waals surface area contributed by atoms with Gasteiger partial charge in [-0.1, -0.05) is 6.92 Å². The summed E-state index contributed by atoms with van der Waals surface area (Å²) in [5.41, 5.74) is 0.0786. The summed E-state index contributed by atoms with van der Waals surface area (Å²) in [4.78, 5) is 14.4. The predicted octanol–water partition coefficient (Wildman–Crippen LogP) is 1.94. The first-order chi connectivity index (χ1) is 9.73. The van der Waals surface area contributed by atoms with Crippen LogP contribution in [0.5, 0.6) is 0 Å². The monoisotopic (exact) mass is 280 g/mol. The Hall–Kier alpha value is -0.610. The summed E-state index contributed by atoms with van der Waals surface area (Å²) < 4.78 is 5.47. The second-order valence-corrected chi connectivity index (χ2v) is 6.78. The molecular weight excluding hydrogens is 252 g/mol. The van der Waals surface area contributed by atoms with E-state index in [1.165, 1.54) is 38.8 Å². The highest BCUT2D eigenvalue weighted by Gasteiger charge is 2.47. The van der Waals surface area contributed by atoms with Crippen LogP contribution < -0.4 is 5.32 Å². The van der Waals surface area contributed by atoms with Gasteiger partial charge in [0.15, 0.2) is 0 Å². The third-order valence-electron chi connectivity index (χ3n) is 5.55. The summed E-state index contributed by atoms with van der Waals surface area (Å²) in [5.74, 6) is 1.04. The van der Waals surface area contributed by atoms with Gasteiger partial charge in [-0.25, -0.2) is 0 Å². The molecule has 1 spiro atoms. The fourth-order valence-corrected chi connectivity index (χ4v) is 4.57. The topological polar surface area (TPSA) is 41.6 Å². The van der Waals surface area contributed by atoms with Gasteiger partial charge in [0.25, 0.3) is 0 Å². The third-order valence-corrected chi connectivity index (χ3v) is 5.55. The maximum absolute atomic E-state index is 11.7. The Labute approximate surface area is 122 Å². The number of amides is 1. The van der Waals surface area contributed by atoms with Gasteiger partial charge in [-0.05, 0) is 51.0 Å². The molecular formula is C16H28N2O2. The summed E-state index contributed by atoms with van der Waals surface area (Å²) in [6.45, 7) is 6.53. The lowest BCUT2D eigenvalue weighted by Gasteiger charge is -2.49. The Morgan fingerprint density at radius 2 is 2.15 bits per heavy atom. The van der Waals surface area contributed by atoms with E-state index in [1.54, 1.807) is 0 Å². The molecule has 3 aliphatic rings. The molecule has 4 heteroatoms. The van der Waals surface area contributed by atoms with Crippen LogP contribution >= 0.6 is 0 Å². The van der Waals surface area contributed by atoms with E-state index in [-0.39, 0.29) is 11.4 Å². The molecule has 0 unspecified atom stereocenters. The van der Waals surface area contributed by atoms with E-state index in [1.807, 2.05) is 0 Å². The molecule has 1 amide bonds. The van der Waals surface area contributed by atoms with E-state index in [0.717, 1.165) is 38.4 Å². The average molecular weight is 280 g/mol. The summed E-state index contributed by atoms with van der Waals surface area (Å²) in [6, 6.07) is 0.533. The lowest BCUT2D eigenvalue weighted by molar-refractivity contribution is -0.120. The lowest BCUT2D eigenvalue weighted by atomic mass is 9.78. The molecule has 3 saturated heterocycles. The van der Waals surface area contributed by atoms with Crippen molar-refractivity contribution in [2.75, 3.05) is 26.3 Å². The number of hydrogen-bond acceptors (Lipinski definition) is 3. The minimum Gasteiger partial charge on any atom is -0.381 e. The van der Waals surface area contributed by atoms with Crippen molar-refractivity contribution in [1.82, 2.24) is 10.2 Å². The van der Waals surface area contributed by atoms with Crippen LogP contribution in [0, 0.1) is 5.92 Å². The van der Waals surface area contributed by atoms with E-state index in [9.17, 15) is 4.79 Å². The molecule has 0 aliphatic carbocycles. The van der Waals surface area contributed by atoms with Gasteiger partial charge in [0.1, 0.15) is 0 Å². The van der Waals surface area contributed by atoms with Crippen LogP contribution in [-0.4, -0.2) is 48.7 Å². The van der Waals surface area contributed by atoms with Gasteiger partial charge in [0.05, 0.1) is 5.54 Å². The largest absolute Gasteiger partial charge is 0.381 e. The molecule has 1 N–H and O–H groups in total. The summed E-state index contributed by atoms with van der Waals surface area (Å²) in [5, 5.41) is 3.33. The number of piperidine rings is 1. The van der Waals surface area contributed by atoms with Crippen LogP contribution in [0.15, 0.2) is 0 Å².